The van der Waals surface area contributed by atoms with Crippen molar-refractivity contribution in [2.45, 2.75) is 39.2 Å². The molecule has 0 aliphatic carbocycles. The van der Waals surface area contributed by atoms with Gasteiger partial charge < -0.3 is 29.0 Å². The second-order valence-corrected chi connectivity index (χ2v) is 8.41. The molecule has 0 spiro atoms. The van der Waals surface area contributed by atoms with E-state index < -0.39 is 17.7 Å². The number of hydrogen-bond acceptors (Lipinski definition) is 7. The number of hydrogen-bond donors (Lipinski definition) is 1. The third-order valence-corrected chi connectivity index (χ3v) is 5.96. The lowest BCUT2D eigenvalue weighted by molar-refractivity contribution is -0.140. The summed E-state index contributed by atoms with van der Waals surface area (Å²) in [6, 6.07) is 11.4. The molecule has 1 atom stereocenters. The molecule has 1 aliphatic rings. The molecule has 1 saturated heterocycles. The maximum absolute atomic E-state index is 13.2. The molecule has 8 heteroatoms. The number of carbonyl (C=O) groups excluding carboxylic acids is 2. The maximum Gasteiger partial charge on any atom is 0.295 e. The number of unbranched alkanes of at least 4 members (excludes halogenated alkanes) is 1. The zero-order valence-corrected chi connectivity index (χ0v) is 21.4. The summed E-state index contributed by atoms with van der Waals surface area (Å²) >= 11 is 0. The maximum atomic E-state index is 13.2. The average molecular weight is 498 g/mol. The number of methoxy groups -OCH3 is 2. The van der Waals surface area contributed by atoms with Crippen LogP contribution in [0.3, 0.4) is 0 Å². The van der Waals surface area contributed by atoms with Crippen LogP contribution in [0.1, 0.15) is 50.3 Å². The molecular weight excluding hydrogens is 462 g/mol. The predicted molar refractivity (Wildman–Crippen MR) is 137 cm³/mol. The molecule has 194 valence electrons. The van der Waals surface area contributed by atoms with E-state index in [1.807, 2.05) is 6.92 Å². The Morgan fingerprint density at radius 3 is 2.47 bits per heavy atom. The fraction of sp³-hybridized carbons (Fsp3) is 0.429. The minimum Gasteiger partial charge on any atom is -0.507 e. The van der Waals surface area contributed by atoms with Crippen LogP contribution < -0.4 is 14.2 Å². The molecule has 0 bridgehead atoms. The molecule has 3 rings (SSSR count). The summed E-state index contributed by atoms with van der Waals surface area (Å²) in [5.74, 6) is -0.0383. The number of rotatable bonds is 13. The number of ketones is 1. The van der Waals surface area contributed by atoms with Crippen LogP contribution in [0.15, 0.2) is 48.0 Å². The van der Waals surface area contributed by atoms with Gasteiger partial charge in [0, 0.05) is 25.8 Å². The molecule has 1 aliphatic heterocycles. The van der Waals surface area contributed by atoms with Gasteiger partial charge in [-0.3, -0.25) is 9.59 Å². The molecule has 0 saturated carbocycles. The highest BCUT2D eigenvalue weighted by atomic mass is 16.5. The van der Waals surface area contributed by atoms with Crippen molar-refractivity contribution < 1.29 is 33.6 Å². The minimum atomic E-state index is -0.795. The largest absolute Gasteiger partial charge is 0.507 e. The lowest BCUT2D eigenvalue weighted by atomic mass is 9.95. The highest BCUT2D eigenvalue weighted by Gasteiger charge is 2.46. The van der Waals surface area contributed by atoms with Gasteiger partial charge in [0.15, 0.2) is 11.5 Å². The van der Waals surface area contributed by atoms with Crippen LogP contribution in [0.2, 0.25) is 0 Å². The van der Waals surface area contributed by atoms with Gasteiger partial charge >= 0.3 is 0 Å². The second-order valence-electron chi connectivity index (χ2n) is 8.41. The molecular formula is C28H35NO7. The van der Waals surface area contributed by atoms with E-state index in [2.05, 4.69) is 6.92 Å². The number of Topliss-reactive ketones (excluding diaryl/α,β-unsaturated/α-hetero) is 1. The van der Waals surface area contributed by atoms with Crippen LogP contribution in [0, 0.1) is 0 Å². The first kappa shape index (κ1) is 27.1. The number of ether oxygens (including phenoxy) is 4. The Balaban J connectivity index is 2.09. The number of likely N-dealkylation sites (tertiary alicyclic amines) is 1. The first-order chi connectivity index (χ1) is 17.5. The van der Waals surface area contributed by atoms with Gasteiger partial charge in [0.05, 0.1) is 31.9 Å². The molecule has 1 fully saturated rings. The van der Waals surface area contributed by atoms with Crippen molar-refractivity contribution in [1.82, 2.24) is 4.90 Å². The van der Waals surface area contributed by atoms with Crippen molar-refractivity contribution in [2.75, 3.05) is 40.6 Å². The highest BCUT2D eigenvalue weighted by Crippen LogP contribution is 2.42. The summed E-state index contributed by atoms with van der Waals surface area (Å²) in [6.45, 7) is 5.68. The first-order valence-corrected chi connectivity index (χ1v) is 12.3. The van der Waals surface area contributed by atoms with Gasteiger partial charge in [-0.05, 0) is 49.6 Å². The van der Waals surface area contributed by atoms with E-state index >= 15 is 0 Å². The molecule has 1 N–H and O–H groups in total. The van der Waals surface area contributed by atoms with Crippen LogP contribution >= 0.6 is 0 Å². The summed E-state index contributed by atoms with van der Waals surface area (Å²) in [6.07, 6.45) is 2.44. The summed E-state index contributed by atoms with van der Waals surface area (Å²) < 4.78 is 22.0. The van der Waals surface area contributed by atoms with Crippen molar-refractivity contribution in [3.63, 3.8) is 0 Å². The third-order valence-electron chi connectivity index (χ3n) is 5.96. The summed E-state index contributed by atoms with van der Waals surface area (Å²) in [4.78, 5) is 27.8. The predicted octanol–water partition coefficient (Wildman–Crippen LogP) is 4.73. The Bertz CT molecular complexity index is 1100. The fourth-order valence-electron chi connectivity index (χ4n) is 4.19. The van der Waals surface area contributed by atoms with E-state index in [9.17, 15) is 14.7 Å². The number of amides is 1. The number of carbonyl (C=O) groups is 2. The van der Waals surface area contributed by atoms with Gasteiger partial charge in [-0.15, -0.1) is 0 Å². The molecule has 2 aromatic carbocycles. The van der Waals surface area contributed by atoms with Crippen molar-refractivity contribution in [1.29, 1.82) is 0 Å². The van der Waals surface area contributed by atoms with Crippen LogP contribution in [-0.4, -0.2) is 62.3 Å². The summed E-state index contributed by atoms with van der Waals surface area (Å²) in [5.41, 5.74) is 1.06. The zero-order chi connectivity index (χ0) is 26.1. The Morgan fingerprint density at radius 2 is 1.78 bits per heavy atom. The topological polar surface area (TPSA) is 94.5 Å². The number of benzene rings is 2. The second kappa shape index (κ2) is 13.0. The molecule has 1 amide bonds. The summed E-state index contributed by atoms with van der Waals surface area (Å²) in [7, 11) is 3.11. The Kier molecular flexibility index (Phi) is 9.76. The standard InChI is InChI=1S/C28H35NO7/c1-5-7-16-36-21-11-8-10-20(17-21)26(30)24-25(29(14-9-15-33-3)28(32)27(24)31)19-12-13-22(35-6-2)23(18-19)34-4/h8,10-13,17-18,25,30H,5-7,9,14-16H2,1-4H3. The first-order valence-electron chi connectivity index (χ1n) is 12.3. The Morgan fingerprint density at radius 1 is 0.972 bits per heavy atom. The molecule has 0 aromatic heterocycles. The quantitative estimate of drug-likeness (QED) is 0.185. The Labute approximate surface area is 212 Å². The number of aliphatic hydroxyl groups excluding tert-OH is 1. The van der Waals surface area contributed by atoms with Gasteiger partial charge in [-0.25, -0.2) is 0 Å². The van der Waals surface area contributed by atoms with E-state index in [4.69, 9.17) is 18.9 Å². The monoisotopic (exact) mass is 497 g/mol. The van der Waals surface area contributed by atoms with Gasteiger partial charge in [0.25, 0.3) is 11.7 Å². The Hall–Kier alpha value is -3.52. The lowest BCUT2D eigenvalue weighted by Gasteiger charge is -2.26. The van der Waals surface area contributed by atoms with E-state index in [0.29, 0.717) is 54.6 Å². The SMILES string of the molecule is CCCCOc1cccc(C(O)=C2C(=O)C(=O)N(CCCOC)C2c2ccc(OCC)c(OC)c2)c1. The van der Waals surface area contributed by atoms with E-state index in [1.165, 1.54) is 12.0 Å². The molecule has 36 heavy (non-hydrogen) atoms. The van der Waals surface area contributed by atoms with Crippen LogP contribution in [0.5, 0.6) is 17.2 Å². The van der Waals surface area contributed by atoms with Crippen molar-refractivity contribution in [2.24, 2.45) is 0 Å². The molecule has 1 heterocycles. The van der Waals surface area contributed by atoms with Crippen LogP contribution in [0.4, 0.5) is 0 Å². The van der Waals surface area contributed by atoms with Gasteiger partial charge in [-0.1, -0.05) is 31.5 Å². The molecule has 2 aromatic rings. The van der Waals surface area contributed by atoms with Crippen molar-refractivity contribution in [3.8, 4) is 17.2 Å². The molecule has 0 radical (unpaired) electrons. The van der Waals surface area contributed by atoms with Crippen LogP contribution in [0.25, 0.3) is 5.76 Å². The number of nitrogens with zero attached hydrogens (tertiary/aromatic N) is 1. The molecule has 8 nitrogen and oxygen atoms in total. The van der Waals surface area contributed by atoms with Gasteiger partial charge in [0.2, 0.25) is 0 Å². The minimum absolute atomic E-state index is 0.0225. The smallest absolute Gasteiger partial charge is 0.295 e. The fourth-order valence-corrected chi connectivity index (χ4v) is 4.19. The summed E-state index contributed by atoms with van der Waals surface area (Å²) in [5, 5.41) is 11.3. The van der Waals surface area contributed by atoms with E-state index in [1.54, 1.807) is 49.6 Å². The van der Waals surface area contributed by atoms with E-state index in [-0.39, 0.29) is 17.9 Å². The highest BCUT2D eigenvalue weighted by molar-refractivity contribution is 6.46. The molecule has 1 unspecified atom stereocenters. The number of aliphatic hydroxyl groups is 1. The van der Waals surface area contributed by atoms with Crippen molar-refractivity contribution in [3.05, 3.63) is 59.2 Å². The lowest BCUT2D eigenvalue weighted by Crippen LogP contribution is -2.31. The van der Waals surface area contributed by atoms with Crippen LogP contribution in [-0.2, 0) is 14.3 Å². The van der Waals surface area contributed by atoms with Crippen molar-refractivity contribution >= 4 is 17.4 Å². The van der Waals surface area contributed by atoms with E-state index in [0.717, 1.165) is 12.8 Å². The third kappa shape index (κ3) is 5.99. The average Bonchev–Trinajstić information content (AvgIpc) is 3.14. The van der Waals surface area contributed by atoms with Gasteiger partial charge in [0.1, 0.15) is 11.5 Å². The van der Waals surface area contributed by atoms with Gasteiger partial charge in [-0.2, -0.15) is 0 Å². The zero-order valence-electron chi connectivity index (χ0n) is 21.4. The normalized spacial score (nSPS) is 16.9.